The van der Waals surface area contributed by atoms with Crippen LogP contribution in [0.1, 0.15) is 23.2 Å². The first-order valence-electron chi connectivity index (χ1n) is 10.1. The summed E-state index contributed by atoms with van der Waals surface area (Å²) >= 11 is 6.14. The van der Waals surface area contributed by atoms with E-state index in [0.29, 0.717) is 10.7 Å². The van der Waals surface area contributed by atoms with Crippen LogP contribution in [0.5, 0.6) is 0 Å². The van der Waals surface area contributed by atoms with Crippen molar-refractivity contribution in [1.82, 2.24) is 0 Å². The number of halogens is 2. The van der Waals surface area contributed by atoms with E-state index in [1.165, 1.54) is 42.5 Å². The summed E-state index contributed by atoms with van der Waals surface area (Å²) in [5, 5.41) is 3.32. The Morgan fingerprint density at radius 3 is 2.44 bits per heavy atom. The van der Waals surface area contributed by atoms with Crippen molar-refractivity contribution in [3.8, 4) is 0 Å². The van der Waals surface area contributed by atoms with Crippen LogP contribution in [0.25, 0.3) is 0 Å². The predicted octanol–water partition coefficient (Wildman–Crippen LogP) is 5.13. The highest BCUT2D eigenvalue weighted by molar-refractivity contribution is 7.92. The Morgan fingerprint density at radius 2 is 1.69 bits per heavy atom. The molecule has 1 aliphatic heterocycles. The summed E-state index contributed by atoms with van der Waals surface area (Å²) in [7, 11) is -4.09. The Labute approximate surface area is 191 Å². The fourth-order valence-electron chi connectivity index (χ4n) is 3.59. The average molecular weight is 474 g/mol. The van der Waals surface area contributed by atoms with Crippen molar-refractivity contribution < 1.29 is 17.6 Å². The number of carbonyl (C=O) groups excluding carboxylic acids is 1. The summed E-state index contributed by atoms with van der Waals surface area (Å²) in [5.74, 6) is -1.17. The zero-order chi connectivity index (χ0) is 22.7. The highest BCUT2D eigenvalue weighted by atomic mass is 35.5. The summed E-state index contributed by atoms with van der Waals surface area (Å²) < 4.78 is 41.5. The number of hydrogen-bond donors (Lipinski definition) is 2. The molecule has 4 rings (SSSR count). The second-order valence-electron chi connectivity index (χ2n) is 7.42. The summed E-state index contributed by atoms with van der Waals surface area (Å²) in [4.78, 5) is 15.0. The number of para-hydroxylation sites is 1. The molecule has 0 bridgehead atoms. The van der Waals surface area contributed by atoms with Crippen LogP contribution in [-0.2, 0) is 10.0 Å². The van der Waals surface area contributed by atoms with Gasteiger partial charge in [0.2, 0.25) is 0 Å². The fourth-order valence-corrected chi connectivity index (χ4v) is 4.87. The van der Waals surface area contributed by atoms with Crippen molar-refractivity contribution in [3.63, 3.8) is 0 Å². The molecule has 0 saturated carbocycles. The van der Waals surface area contributed by atoms with Gasteiger partial charge in [0.15, 0.2) is 0 Å². The lowest BCUT2D eigenvalue weighted by atomic mass is 10.2. The molecule has 1 fully saturated rings. The summed E-state index contributed by atoms with van der Waals surface area (Å²) in [6, 6.07) is 16.3. The van der Waals surface area contributed by atoms with E-state index in [9.17, 15) is 17.6 Å². The molecule has 0 aromatic heterocycles. The van der Waals surface area contributed by atoms with Crippen molar-refractivity contribution in [1.29, 1.82) is 0 Å². The lowest BCUT2D eigenvalue weighted by Crippen LogP contribution is -2.21. The minimum absolute atomic E-state index is 0.147. The maximum Gasteiger partial charge on any atom is 0.262 e. The van der Waals surface area contributed by atoms with E-state index in [-0.39, 0.29) is 16.1 Å². The third kappa shape index (κ3) is 4.87. The van der Waals surface area contributed by atoms with Gasteiger partial charge in [0.1, 0.15) is 5.82 Å². The van der Waals surface area contributed by atoms with Crippen LogP contribution >= 0.6 is 11.6 Å². The molecule has 3 aromatic carbocycles. The first kappa shape index (κ1) is 22.1. The Bertz CT molecular complexity index is 1260. The number of hydrogen-bond acceptors (Lipinski definition) is 4. The van der Waals surface area contributed by atoms with Crippen molar-refractivity contribution in [2.45, 2.75) is 17.7 Å². The van der Waals surface area contributed by atoms with E-state index < -0.39 is 21.7 Å². The average Bonchev–Trinajstić information content (AvgIpc) is 3.30. The molecule has 1 aliphatic rings. The maximum absolute atomic E-state index is 13.9. The van der Waals surface area contributed by atoms with E-state index in [1.54, 1.807) is 12.1 Å². The Kier molecular flexibility index (Phi) is 6.34. The van der Waals surface area contributed by atoms with Crippen molar-refractivity contribution in [3.05, 3.63) is 83.1 Å². The molecule has 0 aliphatic carbocycles. The van der Waals surface area contributed by atoms with Crippen LogP contribution in [-0.4, -0.2) is 27.4 Å². The number of amides is 1. The number of nitrogens with one attached hydrogen (secondary N) is 2. The van der Waals surface area contributed by atoms with Crippen molar-refractivity contribution >= 4 is 44.6 Å². The zero-order valence-corrected chi connectivity index (χ0v) is 18.6. The molecule has 6 nitrogen and oxygen atoms in total. The van der Waals surface area contributed by atoms with Gasteiger partial charge in [0.25, 0.3) is 15.9 Å². The number of sulfonamides is 1. The highest BCUT2D eigenvalue weighted by Crippen LogP contribution is 2.32. The molecule has 0 atom stereocenters. The van der Waals surface area contributed by atoms with E-state index in [1.807, 2.05) is 6.07 Å². The fraction of sp³-hybridized carbons (Fsp3) is 0.174. The van der Waals surface area contributed by atoms with E-state index in [0.717, 1.165) is 37.7 Å². The number of benzene rings is 3. The number of nitrogens with zero attached hydrogens (tertiary/aromatic N) is 1. The first-order chi connectivity index (χ1) is 15.3. The second kappa shape index (κ2) is 9.18. The molecule has 0 unspecified atom stereocenters. The standard InChI is InChI=1S/C23H21ClFN3O3S/c24-17-10-11-22(28-12-3-4-13-28)21(15-17)26-23(29)16-6-5-7-18(14-16)32(30,31)27-20-9-2-1-8-19(20)25/h1-2,5-11,14-15,27H,3-4,12-13H2,(H,26,29). The molecule has 9 heteroatoms. The summed E-state index contributed by atoms with van der Waals surface area (Å²) in [5.41, 5.74) is 1.40. The minimum atomic E-state index is -4.09. The van der Waals surface area contributed by atoms with Gasteiger partial charge in [-0.25, -0.2) is 12.8 Å². The third-order valence-corrected chi connectivity index (χ3v) is 6.78. The SMILES string of the molecule is O=C(Nc1cc(Cl)ccc1N1CCCC1)c1cccc(S(=O)(=O)Nc2ccccc2F)c1. The van der Waals surface area contributed by atoms with E-state index >= 15 is 0 Å². The Balaban J connectivity index is 1.58. The van der Waals surface area contributed by atoms with Gasteiger partial charge in [-0.1, -0.05) is 29.8 Å². The molecule has 1 amide bonds. The number of carbonyl (C=O) groups is 1. The van der Waals surface area contributed by atoms with Gasteiger partial charge in [-0.05, 0) is 61.4 Å². The molecule has 166 valence electrons. The van der Waals surface area contributed by atoms with Gasteiger partial charge < -0.3 is 10.2 Å². The van der Waals surface area contributed by atoms with E-state index in [2.05, 4.69) is 14.9 Å². The lowest BCUT2D eigenvalue weighted by molar-refractivity contribution is 0.102. The van der Waals surface area contributed by atoms with Gasteiger partial charge >= 0.3 is 0 Å². The number of anilines is 3. The molecule has 2 N–H and O–H groups in total. The number of rotatable bonds is 6. The van der Waals surface area contributed by atoms with Crippen LogP contribution in [0, 0.1) is 5.82 Å². The second-order valence-corrected chi connectivity index (χ2v) is 9.54. The quantitative estimate of drug-likeness (QED) is 0.520. The van der Waals surface area contributed by atoms with Gasteiger partial charge in [-0.15, -0.1) is 0 Å². The topological polar surface area (TPSA) is 78.5 Å². The third-order valence-electron chi connectivity index (χ3n) is 5.18. The van der Waals surface area contributed by atoms with Crippen LogP contribution in [0.2, 0.25) is 5.02 Å². The molecular weight excluding hydrogens is 453 g/mol. The largest absolute Gasteiger partial charge is 0.370 e. The molecule has 1 heterocycles. The zero-order valence-electron chi connectivity index (χ0n) is 17.0. The molecular formula is C23H21ClFN3O3S. The van der Waals surface area contributed by atoms with Gasteiger partial charge in [-0.3, -0.25) is 9.52 Å². The van der Waals surface area contributed by atoms with Crippen LogP contribution in [0.3, 0.4) is 0 Å². The Hall–Kier alpha value is -3.10. The van der Waals surface area contributed by atoms with Crippen molar-refractivity contribution in [2.24, 2.45) is 0 Å². The highest BCUT2D eigenvalue weighted by Gasteiger charge is 2.20. The normalized spacial score (nSPS) is 13.8. The van der Waals surface area contributed by atoms with Crippen LogP contribution in [0.15, 0.2) is 71.6 Å². The lowest BCUT2D eigenvalue weighted by Gasteiger charge is -2.22. The predicted molar refractivity (Wildman–Crippen MR) is 125 cm³/mol. The first-order valence-corrected chi connectivity index (χ1v) is 11.9. The van der Waals surface area contributed by atoms with Crippen LogP contribution in [0.4, 0.5) is 21.5 Å². The Morgan fingerprint density at radius 1 is 0.938 bits per heavy atom. The van der Waals surface area contributed by atoms with E-state index in [4.69, 9.17) is 11.6 Å². The van der Waals surface area contributed by atoms with Crippen molar-refractivity contribution in [2.75, 3.05) is 28.0 Å². The monoisotopic (exact) mass is 473 g/mol. The molecule has 0 radical (unpaired) electrons. The molecule has 3 aromatic rings. The summed E-state index contributed by atoms with van der Waals surface area (Å²) in [6.45, 7) is 1.78. The molecule has 1 saturated heterocycles. The minimum Gasteiger partial charge on any atom is -0.370 e. The van der Waals surface area contributed by atoms with Gasteiger partial charge in [0, 0.05) is 23.7 Å². The maximum atomic E-state index is 13.9. The summed E-state index contributed by atoms with van der Waals surface area (Å²) in [6.07, 6.45) is 2.15. The van der Waals surface area contributed by atoms with Gasteiger partial charge in [-0.2, -0.15) is 0 Å². The van der Waals surface area contributed by atoms with Gasteiger partial charge in [0.05, 0.1) is 22.0 Å². The smallest absolute Gasteiger partial charge is 0.262 e. The molecule has 0 spiro atoms. The molecule has 32 heavy (non-hydrogen) atoms. The van der Waals surface area contributed by atoms with Crippen LogP contribution < -0.4 is 14.9 Å².